The highest BCUT2D eigenvalue weighted by molar-refractivity contribution is 7.99. The molecule has 1 aromatic rings. The van der Waals surface area contributed by atoms with Gasteiger partial charge in [0.15, 0.2) is 5.82 Å². The molecule has 2 heterocycles. The van der Waals surface area contributed by atoms with Crippen molar-refractivity contribution in [2.45, 2.75) is 68.3 Å². The van der Waals surface area contributed by atoms with Crippen LogP contribution in [-0.4, -0.2) is 26.2 Å². The zero-order valence-electron chi connectivity index (χ0n) is 10.5. The molecular formula is C12H20N4S. The molecule has 1 fully saturated rings. The molecule has 1 aromatic heterocycles. The van der Waals surface area contributed by atoms with E-state index < -0.39 is 0 Å². The summed E-state index contributed by atoms with van der Waals surface area (Å²) in [6.45, 7) is 4.46. The Hall–Kier alpha value is -0.710. The number of hydrogen-bond acceptors (Lipinski definition) is 4. The monoisotopic (exact) mass is 252 g/mol. The Morgan fingerprint density at radius 1 is 1.18 bits per heavy atom. The van der Waals surface area contributed by atoms with Crippen molar-refractivity contribution < 1.29 is 0 Å². The van der Waals surface area contributed by atoms with Crippen LogP contribution in [0.5, 0.6) is 0 Å². The van der Waals surface area contributed by atoms with Gasteiger partial charge < -0.3 is 5.43 Å². The summed E-state index contributed by atoms with van der Waals surface area (Å²) >= 11 is 1.83. The van der Waals surface area contributed by atoms with E-state index in [0.29, 0.717) is 17.2 Å². The Bertz CT molecular complexity index is 397. The number of fused-ring (bicyclic) bond motifs is 1. The molecule has 0 aromatic carbocycles. The predicted molar refractivity (Wildman–Crippen MR) is 70.0 cm³/mol. The van der Waals surface area contributed by atoms with Crippen molar-refractivity contribution in [2.75, 3.05) is 5.43 Å². The van der Waals surface area contributed by atoms with E-state index in [4.69, 9.17) is 0 Å². The van der Waals surface area contributed by atoms with E-state index in [1.807, 2.05) is 11.8 Å². The molecule has 1 saturated carbocycles. The van der Waals surface area contributed by atoms with Crippen molar-refractivity contribution in [3.05, 3.63) is 5.82 Å². The van der Waals surface area contributed by atoms with Crippen molar-refractivity contribution >= 4 is 11.8 Å². The lowest BCUT2D eigenvalue weighted by Gasteiger charge is -2.30. The Morgan fingerprint density at radius 2 is 1.94 bits per heavy atom. The molecule has 2 aliphatic rings. The number of aromatic nitrogens is 3. The molecule has 2 atom stereocenters. The number of rotatable bonds is 1. The first-order valence-corrected chi connectivity index (χ1v) is 7.52. The van der Waals surface area contributed by atoms with Crippen LogP contribution in [0.4, 0.5) is 0 Å². The molecule has 0 saturated heterocycles. The van der Waals surface area contributed by atoms with Crippen LogP contribution in [-0.2, 0) is 0 Å². The lowest BCUT2D eigenvalue weighted by atomic mass is 9.89. The van der Waals surface area contributed by atoms with Gasteiger partial charge in [-0.05, 0) is 19.8 Å². The minimum atomic E-state index is 0.478. The summed E-state index contributed by atoms with van der Waals surface area (Å²) < 4.78 is 2.14. The van der Waals surface area contributed by atoms with Crippen molar-refractivity contribution in [1.29, 1.82) is 0 Å². The summed E-state index contributed by atoms with van der Waals surface area (Å²) in [5, 5.41) is 10.3. The summed E-state index contributed by atoms with van der Waals surface area (Å²) in [5.74, 6) is 1.77. The van der Waals surface area contributed by atoms with E-state index in [-0.39, 0.29) is 0 Å². The maximum Gasteiger partial charge on any atom is 0.210 e. The van der Waals surface area contributed by atoms with Gasteiger partial charge in [-0.25, -0.2) is 4.68 Å². The van der Waals surface area contributed by atoms with Crippen molar-refractivity contribution in [1.82, 2.24) is 14.9 Å². The number of nitrogens with one attached hydrogen (secondary N) is 1. The standard InChI is InChI=1S/C12H20N4S/c1-8-9(2)17-12-14-13-11(16(12)15-8)10-6-4-3-5-7-10/h8-10,15H,3-7H2,1-2H3. The largest absolute Gasteiger partial charge is 0.318 e. The van der Waals surface area contributed by atoms with Gasteiger partial charge in [0.25, 0.3) is 0 Å². The smallest absolute Gasteiger partial charge is 0.210 e. The predicted octanol–water partition coefficient (Wildman–Crippen LogP) is 2.75. The van der Waals surface area contributed by atoms with Gasteiger partial charge in [-0.3, -0.25) is 0 Å². The highest BCUT2D eigenvalue weighted by Crippen LogP contribution is 2.35. The molecular weight excluding hydrogens is 232 g/mol. The summed E-state index contributed by atoms with van der Waals surface area (Å²) in [6.07, 6.45) is 6.61. The summed E-state index contributed by atoms with van der Waals surface area (Å²) in [5.41, 5.74) is 3.53. The average molecular weight is 252 g/mol. The van der Waals surface area contributed by atoms with E-state index in [0.717, 1.165) is 11.0 Å². The first-order chi connectivity index (χ1) is 8.25. The normalized spacial score (nSPS) is 29.8. The molecule has 0 spiro atoms. The molecule has 1 N–H and O–H groups in total. The first-order valence-electron chi connectivity index (χ1n) is 6.64. The Kier molecular flexibility index (Phi) is 3.03. The van der Waals surface area contributed by atoms with Crippen LogP contribution in [0, 0.1) is 0 Å². The Morgan fingerprint density at radius 3 is 2.71 bits per heavy atom. The fraction of sp³-hybridized carbons (Fsp3) is 0.833. The Labute approximate surface area is 107 Å². The molecule has 1 aliphatic carbocycles. The van der Waals surface area contributed by atoms with Crippen LogP contribution in [0.2, 0.25) is 0 Å². The molecule has 3 rings (SSSR count). The summed E-state index contributed by atoms with van der Waals surface area (Å²) in [4.78, 5) is 0. The second kappa shape index (κ2) is 4.52. The van der Waals surface area contributed by atoms with Gasteiger partial charge in [0.2, 0.25) is 5.16 Å². The second-order valence-electron chi connectivity index (χ2n) is 5.25. The van der Waals surface area contributed by atoms with E-state index in [9.17, 15) is 0 Å². The lowest BCUT2D eigenvalue weighted by Crippen LogP contribution is -2.38. The van der Waals surface area contributed by atoms with Gasteiger partial charge in [0.1, 0.15) is 0 Å². The van der Waals surface area contributed by atoms with Crippen LogP contribution >= 0.6 is 11.8 Å². The maximum atomic E-state index is 4.42. The third-order valence-electron chi connectivity index (χ3n) is 3.96. The van der Waals surface area contributed by atoms with Crippen LogP contribution in [0.25, 0.3) is 0 Å². The highest BCUT2D eigenvalue weighted by atomic mass is 32.2. The van der Waals surface area contributed by atoms with Crippen LogP contribution in [0.1, 0.15) is 57.7 Å². The van der Waals surface area contributed by atoms with Gasteiger partial charge in [0.05, 0.1) is 6.04 Å². The summed E-state index contributed by atoms with van der Waals surface area (Å²) in [6, 6.07) is 0.478. The van der Waals surface area contributed by atoms with E-state index in [1.165, 1.54) is 32.1 Å². The zero-order valence-corrected chi connectivity index (χ0v) is 11.3. The van der Waals surface area contributed by atoms with Crippen LogP contribution in [0.15, 0.2) is 5.16 Å². The molecule has 1 aliphatic heterocycles. The molecule has 2 unspecified atom stereocenters. The van der Waals surface area contributed by atoms with E-state index in [2.05, 4.69) is 34.1 Å². The maximum absolute atomic E-state index is 4.42. The molecule has 4 nitrogen and oxygen atoms in total. The third-order valence-corrected chi connectivity index (χ3v) is 5.21. The van der Waals surface area contributed by atoms with Gasteiger partial charge in [-0.1, -0.05) is 37.9 Å². The lowest BCUT2D eigenvalue weighted by molar-refractivity contribution is 0.415. The molecule has 94 valence electrons. The molecule has 5 heteroatoms. The van der Waals surface area contributed by atoms with Crippen LogP contribution in [0.3, 0.4) is 0 Å². The molecule has 0 radical (unpaired) electrons. The quantitative estimate of drug-likeness (QED) is 0.834. The topological polar surface area (TPSA) is 42.7 Å². The molecule has 0 amide bonds. The van der Waals surface area contributed by atoms with Gasteiger partial charge in [0, 0.05) is 11.2 Å². The van der Waals surface area contributed by atoms with E-state index in [1.54, 1.807) is 0 Å². The third kappa shape index (κ3) is 2.05. The Balaban J connectivity index is 1.87. The van der Waals surface area contributed by atoms with Crippen LogP contribution < -0.4 is 5.43 Å². The van der Waals surface area contributed by atoms with E-state index >= 15 is 0 Å². The second-order valence-corrected chi connectivity index (χ2v) is 6.60. The van der Waals surface area contributed by atoms with Crippen molar-refractivity contribution in [3.8, 4) is 0 Å². The fourth-order valence-corrected chi connectivity index (χ4v) is 3.62. The highest BCUT2D eigenvalue weighted by Gasteiger charge is 2.29. The zero-order chi connectivity index (χ0) is 11.8. The van der Waals surface area contributed by atoms with Gasteiger partial charge in [-0.15, -0.1) is 10.2 Å². The minimum Gasteiger partial charge on any atom is -0.318 e. The number of hydrogen-bond donors (Lipinski definition) is 1. The number of thioether (sulfide) groups is 1. The SMILES string of the molecule is CC1Nn2c(nnc2C2CCCCC2)SC1C. The van der Waals surface area contributed by atoms with Gasteiger partial charge in [-0.2, -0.15) is 0 Å². The average Bonchev–Trinajstić information content (AvgIpc) is 2.74. The fourth-order valence-electron chi connectivity index (χ4n) is 2.68. The molecule has 0 bridgehead atoms. The minimum absolute atomic E-state index is 0.478. The van der Waals surface area contributed by atoms with Crippen molar-refractivity contribution in [3.63, 3.8) is 0 Å². The molecule has 17 heavy (non-hydrogen) atoms. The summed E-state index contributed by atoms with van der Waals surface area (Å²) in [7, 11) is 0. The first kappa shape index (κ1) is 11.4. The number of nitrogens with zero attached hydrogens (tertiary/aromatic N) is 3. The van der Waals surface area contributed by atoms with Crippen molar-refractivity contribution in [2.24, 2.45) is 0 Å². The van der Waals surface area contributed by atoms with Gasteiger partial charge >= 0.3 is 0 Å².